The maximum atomic E-state index is 10.3. The zero-order chi connectivity index (χ0) is 8.20. The molecule has 10 heavy (non-hydrogen) atoms. The highest BCUT2D eigenvalue weighted by atomic mass is 16.3. The van der Waals surface area contributed by atoms with Crippen molar-refractivity contribution >= 4 is 5.78 Å². The van der Waals surface area contributed by atoms with Gasteiger partial charge in [0.2, 0.25) is 0 Å². The van der Waals surface area contributed by atoms with Crippen LogP contribution in [0.2, 0.25) is 0 Å². The molecule has 2 nitrogen and oxygen atoms in total. The van der Waals surface area contributed by atoms with Gasteiger partial charge in [0.1, 0.15) is 11.4 Å². The van der Waals surface area contributed by atoms with E-state index >= 15 is 0 Å². The van der Waals surface area contributed by atoms with Crippen molar-refractivity contribution in [1.29, 1.82) is 0 Å². The molecule has 0 aliphatic rings. The van der Waals surface area contributed by atoms with E-state index in [0.29, 0.717) is 0 Å². The molecule has 2 heteroatoms. The van der Waals surface area contributed by atoms with Crippen LogP contribution in [-0.4, -0.2) is 16.5 Å². The molecule has 0 fully saturated rings. The predicted octanol–water partition coefficient (Wildman–Crippen LogP) is 0.740. The monoisotopic (exact) mass is 140 g/mol. The van der Waals surface area contributed by atoms with Crippen molar-refractivity contribution < 1.29 is 9.90 Å². The van der Waals surface area contributed by atoms with Crippen LogP contribution in [0, 0.1) is 11.8 Å². The summed E-state index contributed by atoms with van der Waals surface area (Å²) >= 11 is 0. The predicted molar refractivity (Wildman–Crippen MR) is 39.4 cm³/mol. The SMILES string of the molecule is CC(=O)CC#CC(C)(C)O. The second-order valence-corrected chi connectivity index (χ2v) is 2.74. The number of hydrogen-bond acceptors (Lipinski definition) is 2. The Morgan fingerprint density at radius 3 is 2.40 bits per heavy atom. The molecule has 56 valence electrons. The van der Waals surface area contributed by atoms with E-state index in [1.165, 1.54) is 6.92 Å². The Hall–Kier alpha value is -0.810. The fourth-order valence-corrected chi connectivity index (χ4v) is 0.385. The first-order valence-corrected chi connectivity index (χ1v) is 3.13. The van der Waals surface area contributed by atoms with Gasteiger partial charge in [-0.1, -0.05) is 11.8 Å². The van der Waals surface area contributed by atoms with Crippen molar-refractivity contribution in [3.05, 3.63) is 0 Å². The van der Waals surface area contributed by atoms with Gasteiger partial charge in [0.25, 0.3) is 0 Å². The van der Waals surface area contributed by atoms with Gasteiger partial charge in [-0.05, 0) is 20.8 Å². The number of rotatable bonds is 1. The average molecular weight is 140 g/mol. The minimum Gasteiger partial charge on any atom is -0.378 e. The Labute approximate surface area is 61.2 Å². The zero-order valence-electron chi connectivity index (χ0n) is 6.56. The van der Waals surface area contributed by atoms with E-state index < -0.39 is 5.60 Å². The molecule has 1 N–H and O–H groups in total. The van der Waals surface area contributed by atoms with Crippen LogP contribution in [0.4, 0.5) is 0 Å². The highest BCUT2D eigenvalue weighted by Gasteiger charge is 2.05. The topological polar surface area (TPSA) is 37.3 Å². The number of carbonyl (C=O) groups excluding carboxylic acids is 1. The minimum atomic E-state index is -0.977. The van der Waals surface area contributed by atoms with Crippen molar-refractivity contribution in [3.8, 4) is 11.8 Å². The van der Waals surface area contributed by atoms with E-state index in [4.69, 9.17) is 5.11 Å². The third kappa shape index (κ3) is 7.19. The fourth-order valence-electron chi connectivity index (χ4n) is 0.385. The molecule has 0 rings (SSSR count). The van der Waals surface area contributed by atoms with Gasteiger partial charge in [0.15, 0.2) is 0 Å². The van der Waals surface area contributed by atoms with Crippen molar-refractivity contribution in [3.63, 3.8) is 0 Å². The summed E-state index contributed by atoms with van der Waals surface area (Å²) in [5, 5.41) is 9.05. The Morgan fingerprint density at radius 2 is 2.10 bits per heavy atom. The van der Waals surface area contributed by atoms with Crippen LogP contribution in [0.3, 0.4) is 0 Å². The summed E-state index contributed by atoms with van der Waals surface area (Å²) in [5.41, 5.74) is -0.977. The highest BCUT2D eigenvalue weighted by molar-refractivity contribution is 5.78. The van der Waals surface area contributed by atoms with E-state index in [1.54, 1.807) is 13.8 Å². The second-order valence-electron chi connectivity index (χ2n) is 2.74. The summed E-state index contributed by atoms with van der Waals surface area (Å²) in [7, 11) is 0. The van der Waals surface area contributed by atoms with Gasteiger partial charge in [-0.15, -0.1) is 0 Å². The molecule has 0 radical (unpaired) electrons. The highest BCUT2D eigenvalue weighted by Crippen LogP contribution is 1.96. The number of Topliss-reactive ketones (excluding diaryl/α,β-unsaturated/α-hetero) is 1. The summed E-state index contributed by atoms with van der Waals surface area (Å²) in [6.07, 6.45) is 0.226. The van der Waals surface area contributed by atoms with E-state index in [-0.39, 0.29) is 12.2 Å². The number of carbonyl (C=O) groups is 1. The Balaban J connectivity index is 3.82. The quantitative estimate of drug-likeness (QED) is 0.545. The lowest BCUT2D eigenvalue weighted by molar-refractivity contribution is -0.116. The maximum absolute atomic E-state index is 10.3. The molecule has 0 atom stereocenters. The molecule has 0 unspecified atom stereocenters. The van der Waals surface area contributed by atoms with Gasteiger partial charge in [-0.2, -0.15) is 0 Å². The molecule has 0 aromatic rings. The average Bonchev–Trinajstić information content (AvgIpc) is 1.59. The molecular weight excluding hydrogens is 128 g/mol. The summed E-state index contributed by atoms with van der Waals surface area (Å²) in [6, 6.07) is 0. The second kappa shape index (κ2) is 3.38. The Bertz CT molecular complexity index is 176. The van der Waals surface area contributed by atoms with E-state index in [2.05, 4.69) is 11.8 Å². The van der Waals surface area contributed by atoms with Crippen molar-refractivity contribution in [2.75, 3.05) is 0 Å². The molecular formula is C8H12O2. The lowest BCUT2D eigenvalue weighted by Gasteiger charge is -2.05. The molecule has 0 aliphatic heterocycles. The number of hydrogen-bond donors (Lipinski definition) is 1. The molecule has 0 aromatic heterocycles. The normalized spacial score (nSPS) is 10.0. The summed E-state index contributed by atoms with van der Waals surface area (Å²) in [6.45, 7) is 4.64. The lowest BCUT2D eigenvalue weighted by atomic mass is 10.1. The third-order valence-corrected chi connectivity index (χ3v) is 0.732. The first kappa shape index (κ1) is 9.19. The molecule has 0 aromatic carbocycles. The minimum absolute atomic E-state index is 0.0248. The van der Waals surface area contributed by atoms with Gasteiger partial charge in [0, 0.05) is 0 Å². The van der Waals surface area contributed by atoms with Crippen molar-refractivity contribution in [1.82, 2.24) is 0 Å². The smallest absolute Gasteiger partial charge is 0.141 e. The number of aliphatic hydroxyl groups is 1. The molecule has 0 spiro atoms. The molecule has 0 amide bonds. The van der Waals surface area contributed by atoms with E-state index in [0.717, 1.165) is 0 Å². The molecule has 0 bridgehead atoms. The van der Waals surface area contributed by atoms with E-state index in [9.17, 15) is 4.79 Å². The molecule has 0 saturated heterocycles. The van der Waals surface area contributed by atoms with Crippen LogP contribution in [0.1, 0.15) is 27.2 Å². The van der Waals surface area contributed by atoms with Crippen LogP contribution in [0.25, 0.3) is 0 Å². The van der Waals surface area contributed by atoms with Crippen molar-refractivity contribution in [2.45, 2.75) is 32.8 Å². The van der Waals surface area contributed by atoms with Crippen LogP contribution in [0.5, 0.6) is 0 Å². The van der Waals surface area contributed by atoms with Crippen LogP contribution in [0.15, 0.2) is 0 Å². The van der Waals surface area contributed by atoms with E-state index in [1.807, 2.05) is 0 Å². The first-order valence-electron chi connectivity index (χ1n) is 3.13. The van der Waals surface area contributed by atoms with Gasteiger partial charge < -0.3 is 5.11 Å². The summed E-state index contributed by atoms with van der Waals surface area (Å²) in [5.74, 6) is 5.14. The van der Waals surface area contributed by atoms with Gasteiger partial charge in [-0.3, -0.25) is 4.79 Å². The molecule has 0 saturated carbocycles. The largest absolute Gasteiger partial charge is 0.378 e. The third-order valence-electron chi connectivity index (χ3n) is 0.732. The standard InChI is InChI=1S/C8H12O2/c1-7(9)5-4-6-8(2,3)10/h10H,5H2,1-3H3. The zero-order valence-corrected chi connectivity index (χ0v) is 6.56. The molecule has 0 aliphatic carbocycles. The lowest BCUT2D eigenvalue weighted by Crippen LogP contribution is -2.14. The van der Waals surface area contributed by atoms with Gasteiger partial charge in [0.05, 0.1) is 6.42 Å². The van der Waals surface area contributed by atoms with Crippen molar-refractivity contribution in [2.24, 2.45) is 0 Å². The summed E-state index contributed by atoms with van der Waals surface area (Å²) < 4.78 is 0. The fraction of sp³-hybridized carbons (Fsp3) is 0.625. The van der Waals surface area contributed by atoms with Crippen LogP contribution >= 0.6 is 0 Å². The molecule has 0 heterocycles. The summed E-state index contributed by atoms with van der Waals surface area (Å²) in [4.78, 5) is 10.3. The van der Waals surface area contributed by atoms with Crippen LogP contribution < -0.4 is 0 Å². The van der Waals surface area contributed by atoms with Gasteiger partial charge >= 0.3 is 0 Å². The van der Waals surface area contributed by atoms with Gasteiger partial charge in [-0.25, -0.2) is 0 Å². The Morgan fingerprint density at radius 1 is 1.60 bits per heavy atom. The first-order chi connectivity index (χ1) is 4.42. The maximum Gasteiger partial charge on any atom is 0.141 e. The Kier molecular flexibility index (Phi) is 3.11. The number of ketones is 1. The van der Waals surface area contributed by atoms with Crippen LogP contribution in [-0.2, 0) is 4.79 Å².